The quantitative estimate of drug-likeness (QED) is 0.134. The molecule has 0 saturated carbocycles. The van der Waals surface area contributed by atoms with Crippen LogP contribution in [0.5, 0.6) is 17.2 Å². The van der Waals surface area contributed by atoms with Crippen molar-refractivity contribution in [2.75, 3.05) is 20.8 Å². The van der Waals surface area contributed by atoms with Gasteiger partial charge in [0.1, 0.15) is 31.1 Å². The fourth-order valence-corrected chi connectivity index (χ4v) is 6.10. The molecule has 0 fully saturated rings. The van der Waals surface area contributed by atoms with Crippen LogP contribution >= 0.6 is 0 Å². The van der Waals surface area contributed by atoms with Crippen LogP contribution in [-0.2, 0) is 22.6 Å². The number of ether oxygens (including phenoxy) is 5. The maximum Gasteiger partial charge on any atom is 0.337 e. The van der Waals surface area contributed by atoms with Crippen molar-refractivity contribution in [3.05, 3.63) is 138 Å². The molecular weight excluding hydrogens is 604 g/mol. The monoisotopic (exact) mass is 640 g/mol. The minimum absolute atomic E-state index is 0.0956. The van der Waals surface area contributed by atoms with Crippen LogP contribution in [0.3, 0.4) is 0 Å². The van der Waals surface area contributed by atoms with Crippen LogP contribution in [0.4, 0.5) is 0 Å². The van der Waals surface area contributed by atoms with Crippen molar-refractivity contribution in [1.29, 1.82) is 0 Å². The molecule has 1 aromatic heterocycles. The van der Waals surface area contributed by atoms with Gasteiger partial charge in [-0.05, 0) is 72.6 Å². The highest BCUT2D eigenvalue weighted by Crippen LogP contribution is 2.37. The number of para-hydroxylation sites is 1. The molecule has 0 saturated heterocycles. The summed E-state index contributed by atoms with van der Waals surface area (Å²) in [6, 6.07) is 37.6. The molecule has 6 aromatic rings. The Morgan fingerprint density at radius 2 is 1.52 bits per heavy atom. The highest BCUT2D eigenvalue weighted by atomic mass is 16.5. The van der Waals surface area contributed by atoms with Crippen molar-refractivity contribution < 1.29 is 28.5 Å². The second-order valence-electron chi connectivity index (χ2n) is 11.7. The molecule has 7 rings (SSSR count). The molecule has 0 amide bonds. The third-order valence-electron chi connectivity index (χ3n) is 8.65. The Labute approximate surface area is 279 Å². The fraction of sp³-hybridized carbons (Fsp3) is 0.200. The Morgan fingerprint density at radius 3 is 2.31 bits per heavy atom. The lowest BCUT2D eigenvalue weighted by molar-refractivity contribution is 0.0600. The number of nitrogens with zero attached hydrogens (tertiary/aromatic N) is 2. The summed E-state index contributed by atoms with van der Waals surface area (Å²) in [7, 11) is 3.04. The van der Waals surface area contributed by atoms with E-state index in [1.807, 2.05) is 79.7 Å². The molecule has 1 aliphatic rings. The maximum atomic E-state index is 11.8. The van der Waals surface area contributed by atoms with Crippen molar-refractivity contribution in [1.82, 2.24) is 4.57 Å². The summed E-state index contributed by atoms with van der Waals surface area (Å²) in [4.78, 5) is 16.6. The van der Waals surface area contributed by atoms with Gasteiger partial charge in [-0.25, -0.2) is 9.79 Å². The highest BCUT2D eigenvalue weighted by Gasteiger charge is 2.29. The van der Waals surface area contributed by atoms with Crippen LogP contribution in [0, 0.1) is 0 Å². The highest BCUT2D eigenvalue weighted by molar-refractivity contribution is 6.11. The van der Waals surface area contributed by atoms with Crippen LogP contribution in [0.25, 0.3) is 21.8 Å². The number of benzene rings is 5. The van der Waals surface area contributed by atoms with Crippen molar-refractivity contribution in [3.8, 4) is 17.2 Å². The molecule has 0 spiro atoms. The van der Waals surface area contributed by atoms with E-state index in [2.05, 4.69) is 34.9 Å². The first-order valence-corrected chi connectivity index (χ1v) is 15.9. The Bertz CT molecular complexity index is 2100. The minimum atomic E-state index is -0.360. The van der Waals surface area contributed by atoms with E-state index in [4.69, 9.17) is 28.7 Å². The first-order valence-electron chi connectivity index (χ1n) is 15.9. The Morgan fingerprint density at radius 1 is 0.771 bits per heavy atom. The van der Waals surface area contributed by atoms with Gasteiger partial charge in [0.25, 0.3) is 0 Å². The Kier molecular flexibility index (Phi) is 8.71. The summed E-state index contributed by atoms with van der Waals surface area (Å²) >= 11 is 0. The molecule has 2 atom stereocenters. The van der Waals surface area contributed by atoms with Crippen LogP contribution in [0.15, 0.2) is 120 Å². The van der Waals surface area contributed by atoms with Gasteiger partial charge < -0.3 is 28.3 Å². The number of rotatable bonds is 11. The summed E-state index contributed by atoms with van der Waals surface area (Å²) in [5.74, 6) is 2.40. The molecule has 0 radical (unpaired) electrons. The molecule has 8 heteroatoms. The van der Waals surface area contributed by atoms with Gasteiger partial charge in [0.15, 0.2) is 11.5 Å². The average Bonchev–Trinajstić information content (AvgIpc) is 3.67. The van der Waals surface area contributed by atoms with Gasteiger partial charge in [0.2, 0.25) is 5.90 Å². The van der Waals surface area contributed by atoms with E-state index in [1.54, 1.807) is 19.2 Å². The minimum Gasteiger partial charge on any atom is -0.493 e. The largest absolute Gasteiger partial charge is 0.493 e. The summed E-state index contributed by atoms with van der Waals surface area (Å²) in [5.41, 5.74) is 5.66. The van der Waals surface area contributed by atoms with Gasteiger partial charge in [-0.15, -0.1) is 0 Å². The van der Waals surface area contributed by atoms with E-state index in [9.17, 15) is 4.79 Å². The van der Waals surface area contributed by atoms with Gasteiger partial charge in [-0.2, -0.15) is 0 Å². The van der Waals surface area contributed by atoms with Crippen LogP contribution < -0.4 is 14.2 Å². The predicted octanol–water partition coefficient (Wildman–Crippen LogP) is 7.83. The van der Waals surface area contributed by atoms with E-state index >= 15 is 0 Å². The Balaban J connectivity index is 1.11. The van der Waals surface area contributed by atoms with E-state index < -0.39 is 0 Å². The molecule has 8 nitrogen and oxygen atoms in total. The molecule has 2 unspecified atom stereocenters. The topological polar surface area (TPSA) is 80.5 Å². The van der Waals surface area contributed by atoms with Gasteiger partial charge >= 0.3 is 5.97 Å². The van der Waals surface area contributed by atoms with Crippen molar-refractivity contribution in [3.63, 3.8) is 0 Å². The number of hydrogen-bond donors (Lipinski definition) is 0. The second-order valence-corrected chi connectivity index (χ2v) is 11.7. The van der Waals surface area contributed by atoms with E-state index in [-0.39, 0.29) is 18.1 Å². The number of fused-ring (bicyclic) bond motifs is 3. The van der Waals surface area contributed by atoms with Crippen molar-refractivity contribution in [2.24, 2.45) is 4.99 Å². The zero-order valence-corrected chi connectivity index (χ0v) is 27.1. The third-order valence-corrected chi connectivity index (χ3v) is 8.65. The summed E-state index contributed by atoms with van der Waals surface area (Å²) in [5, 5.41) is 2.16. The van der Waals surface area contributed by atoms with E-state index in [0.29, 0.717) is 42.7 Å². The fourth-order valence-electron chi connectivity index (χ4n) is 6.10. The van der Waals surface area contributed by atoms with Crippen LogP contribution in [0.2, 0.25) is 0 Å². The third kappa shape index (κ3) is 6.17. The first kappa shape index (κ1) is 30.9. The van der Waals surface area contributed by atoms with Crippen molar-refractivity contribution >= 4 is 33.7 Å². The number of aliphatic imine (C=N–C) groups is 1. The SMILES string of the molecule is COC(=O)c1ccc(COc2cccc3c2c2ccccc2n3Cc2ccc(OCC3N=C(c4ccccc4)OC3C)c(OC)c2)cc1. The zero-order valence-electron chi connectivity index (χ0n) is 27.1. The van der Waals surface area contributed by atoms with Crippen LogP contribution in [0.1, 0.15) is 34.0 Å². The van der Waals surface area contributed by atoms with Crippen LogP contribution in [-0.4, -0.2) is 49.4 Å². The lowest BCUT2D eigenvalue weighted by Gasteiger charge is -2.16. The molecular formula is C40H36N2O6. The smallest absolute Gasteiger partial charge is 0.337 e. The molecule has 5 aromatic carbocycles. The number of hydrogen-bond acceptors (Lipinski definition) is 7. The van der Waals surface area contributed by atoms with Gasteiger partial charge in [-0.3, -0.25) is 0 Å². The van der Waals surface area contributed by atoms with Gasteiger partial charge in [0, 0.05) is 28.4 Å². The Hall–Kier alpha value is -5.76. The maximum absolute atomic E-state index is 11.8. The van der Waals surface area contributed by atoms with E-state index in [1.165, 1.54) is 7.11 Å². The molecule has 1 aliphatic heterocycles. The normalized spacial score (nSPS) is 15.6. The molecule has 48 heavy (non-hydrogen) atoms. The molecule has 0 aliphatic carbocycles. The predicted molar refractivity (Wildman–Crippen MR) is 186 cm³/mol. The van der Waals surface area contributed by atoms with E-state index in [0.717, 1.165) is 44.2 Å². The molecule has 0 bridgehead atoms. The molecule has 0 N–H and O–H groups in total. The number of esters is 1. The summed E-state index contributed by atoms with van der Waals surface area (Å²) < 4.78 is 31.5. The summed E-state index contributed by atoms with van der Waals surface area (Å²) in [6.07, 6.45) is -0.0956. The second kappa shape index (κ2) is 13.5. The first-order chi connectivity index (χ1) is 23.5. The zero-order chi connectivity index (χ0) is 33.0. The lowest BCUT2D eigenvalue weighted by atomic mass is 10.1. The van der Waals surface area contributed by atoms with Crippen molar-refractivity contribution in [2.45, 2.75) is 32.2 Å². The number of carbonyl (C=O) groups is 1. The molecule has 242 valence electrons. The standard InChI is InChI=1S/C40H36N2O6/c1-26-32(41-39(48-26)29-10-5-4-6-11-29)25-47-35-21-18-28(22-37(35)44-2)23-42-33-13-8-7-12-31(33)38-34(42)14-9-15-36(38)46-24-27-16-19-30(20-17-27)40(43)45-3/h4-22,26,32H,23-25H2,1-3H3. The molecule has 2 heterocycles. The number of carbonyl (C=O) groups excluding carboxylic acids is 1. The van der Waals surface area contributed by atoms with Gasteiger partial charge in [-0.1, -0.05) is 60.7 Å². The number of methoxy groups -OCH3 is 2. The number of aromatic nitrogens is 1. The van der Waals surface area contributed by atoms with Gasteiger partial charge in [0.05, 0.1) is 25.3 Å². The lowest BCUT2D eigenvalue weighted by Crippen LogP contribution is -2.25. The summed E-state index contributed by atoms with van der Waals surface area (Å²) in [6.45, 7) is 3.37. The average molecular weight is 641 g/mol.